The summed E-state index contributed by atoms with van der Waals surface area (Å²) in [7, 11) is 0. The van der Waals surface area contributed by atoms with Crippen LogP contribution >= 0.6 is 15.9 Å². The van der Waals surface area contributed by atoms with E-state index in [9.17, 15) is 0 Å². The smallest absolute Gasteiger partial charge is 0.246 e. The van der Waals surface area contributed by atoms with Crippen molar-refractivity contribution in [1.82, 2.24) is 9.97 Å². The molecule has 5 rings (SSSR count). The second-order valence-electron chi connectivity index (χ2n) is 5.24. The van der Waals surface area contributed by atoms with Crippen molar-refractivity contribution in [1.29, 1.82) is 0 Å². The highest BCUT2D eigenvalue weighted by Crippen LogP contribution is 2.39. The Morgan fingerprint density at radius 2 is 1.45 bits per heavy atom. The zero-order valence-corrected chi connectivity index (χ0v) is 13.0. The molecular formula is C18H9BrN2O. The summed E-state index contributed by atoms with van der Waals surface area (Å²) in [5, 5.41) is 5.64. The number of hydrogen-bond donors (Lipinski definition) is 0. The first-order valence-electron chi connectivity index (χ1n) is 6.97. The molecule has 0 aliphatic rings. The van der Waals surface area contributed by atoms with Gasteiger partial charge < -0.3 is 4.42 Å². The predicted molar refractivity (Wildman–Crippen MR) is 92.0 cm³/mol. The minimum Gasteiger partial charge on any atom is -0.436 e. The van der Waals surface area contributed by atoms with E-state index in [-0.39, 0.29) is 0 Å². The zero-order valence-electron chi connectivity index (χ0n) is 11.4. The van der Waals surface area contributed by atoms with Crippen LogP contribution < -0.4 is 0 Å². The number of fused-ring (bicyclic) bond motifs is 8. The molecule has 3 aromatic carbocycles. The average Bonchev–Trinajstić information content (AvgIpc) is 2.94. The monoisotopic (exact) mass is 348 g/mol. The first-order valence-corrected chi connectivity index (χ1v) is 7.76. The van der Waals surface area contributed by atoms with Gasteiger partial charge in [0.1, 0.15) is 15.7 Å². The number of halogens is 1. The summed E-state index contributed by atoms with van der Waals surface area (Å²) in [5.74, 6) is 0. The Morgan fingerprint density at radius 3 is 2.23 bits per heavy atom. The number of aromatic nitrogens is 2. The van der Waals surface area contributed by atoms with Crippen LogP contribution in [0.1, 0.15) is 0 Å². The molecule has 3 nitrogen and oxygen atoms in total. The molecule has 0 N–H and O–H groups in total. The van der Waals surface area contributed by atoms with Crippen molar-refractivity contribution < 1.29 is 4.42 Å². The minimum absolute atomic E-state index is 0.569. The Kier molecular flexibility index (Phi) is 2.35. The summed E-state index contributed by atoms with van der Waals surface area (Å²) in [4.78, 5) is 8.94. The van der Waals surface area contributed by atoms with Gasteiger partial charge in [-0.3, -0.25) is 0 Å². The van der Waals surface area contributed by atoms with Crippen molar-refractivity contribution in [2.45, 2.75) is 0 Å². The molecule has 4 heteroatoms. The van der Waals surface area contributed by atoms with Crippen LogP contribution in [0.15, 0.2) is 63.7 Å². The molecule has 0 unspecified atom stereocenters. The molecule has 0 radical (unpaired) electrons. The van der Waals surface area contributed by atoms with Crippen molar-refractivity contribution in [3.63, 3.8) is 0 Å². The van der Waals surface area contributed by atoms with E-state index in [4.69, 9.17) is 4.42 Å². The molecule has 104 valence electrons. The molecule has 5 aromatic rings. The summed E-state index contributed by atoms with van der Waals surface area (Å²) < 4.78 is 6.74. The summed E-state index contributed by atoms with van der Waals surface area (Å²) in [6.07, 6.45) is 1.66. The van der Waals surface area contributed by atoms with E-state index < -0.39 is 0 Å². The zero-order chi connectivity index (χ0) is 14.7. The first kappa shape index (κ1) is 12.1. The predicted octanol–water partition coefficient (Wildman–Crippen LogP) is 5.44. The van der Waals surface area contributed by atoms with Crippen molar-refractivity contribution >= 4 is 59.7 Å². The Bertz CT molecular complexity index is 1190. The maximum atomic E-state index is 6.03. The highest BCUT2D eigenvalue weighted by Gasteiger charge is 2.17. The molecule has 0 amide bonds. The quantitative estimate of drug-likeness (QED) is 0.349. The van der Waals surface area contributed by atoms with Gasteiger partial charge in [-0.15, -0.1) is 0 Å². The van der Waals surface area contributed by atoms with Gasteiger partial charge in [-0.25, -0.2) is 9.97 Å². The van der Waals surface area contributed by atoms with Crippen LogP contribution in [0.4, 0.5) is 0 Å². The lowest BCUT2D eigenvalue weighted by atomic mass is 9.98. The van der Waals surface area contributed by atoms with Gasteiger partial charge in [0.05, 0.1) is 11.6 Å². The van der Waals surface area contributed by atoms with Crippen LogP contribution in [0.3, 0.4) is 0 Å². The lowest BCUT2D eigenvalue weighted by molar-refractivity contribution is 0.656. The van der Waals surface area contributed by atoms with Crippen molar-refractivity contribution in [3.05, 3.63) is 59.3 Å². The average molecular weight is 349 g/mol. The lowest BCUT2D eigenvalue weighted by Gasteiger charge is -2.05. The van der Waals surface area contributed by atoms with E-state index in [2.05, 4.69) is 62.3 Å². The summed E-state index contributed by atoms with van der Waals surface area (Å²) in [6.45, 7) is 0. The highest BCUT2D eigenvalue weighted by molar-refractivity contribution is 9.10. The van der Waals surface area contributed by atoms with E-state index in [1.165, 1.54) is 10.8 Å². The fourth-order valence-corrected chi connectivity index (χ4v) is 3.42. The summed E-state index contributed by atoms with van der Waals surface area (Å²) in [6, 6.07) is 16.6. The van der Waals surface area contributed by atoms with Crippen LogP contribution in [-0.4, -0.2) is 9.97 Å². The molecule has 0 saturated heterocycles. The van der Waals surface area contributed by atoms with Crippen molar-refractivity contribution in [2.75, 3.05) is 0 Å². The van der Waals surface area contributed by atoms with Crippen LogP contribution in [0, 0.1) is 0 Å². The molecule has 0 spiro atoms. The highest BCUT2D eigenvalue weighted by atomic mass is 79.9. The third-order valence-corrected chi connectivity index (χ3v) is 4.41. The normalized spacial score (nSPS) is 11.9. The molecule has 0 saturated carbocycles. The summed E-state index contributed by atoms with van der Waals surface area (Å²) in [5.41, 5.74) is 2.22. The van der Waals surface area contributed by atoms with E-state index in [1.54, 1.807) is 6.20 Å². The number of hydrogen-bond acceptors (Lipinski definition) is 3. The fourth-order valence-electron chi connectivity index (χ4n) is 3.14. The molecule has 2 heterocycles. The molecule has 22 heavy (non-hydrogen) atoms. The number of benzene rings is 3. The fraction of sp³-hybridized carbons (Fsp3) is 0. The minimum atomic E-state index is 0.569. The topological polar surface area (TPSA) is 38.9 Å². The third-order valence-electron chi connectivity index (χ3n) is 4.03. The van der Waals surface area contributed by atoms with Gasteiger partial charge in [-0.1, -0.05) is 48.5 Å². The van der Waals surface area contributed by atoms with E-state index in [1.807, 2.05) is 12.1 Å². The van der Waals surface area contributed by atoms with Crippen molar-refractivity contribution in [2.24, 2.45) is 0 Å². The van der Waals surface area contributed by atoms with Crippen molar-refractivity contribution in [3.8, 4) is 0 Å². The molecule has 0 bridgehead atoms. The number of nitrogens with zero attached hydrogens (tertiary/aromatic N) is 2. The second-order valence-corrected chi connectivity index (χ2v) is 6.06. The van der Waals surface area contributed by atoms with Gasteiger partial charge in [-0.05, 0) is 32.1 Å². The van der Waals surface area contributed by atoms with E-state index in [0.29, 0.717) is 10.3 Å². The van der Waals surface area contributed by atoms with E-state index >= 15 is 0 Å². The molecule has 0 atom stereocenters. The van der Waals surface area contributed by atoms with Gasteiger partial charge >= 0.3 is 0 Å². The van der Waals surface area contributed by atoms with Crippen LogP contribution in [0.2, 0.25) is 0 Å². The Labute approximate surface area is 133 Å². The lowest BCUT2D eigenvalue weighted by Crippen LogP contribution is -1.82. The third kappa shape index (κ3) is 1.50. The summed E-state index contributed by atoms with van der Waals surface area (Å²) >= 11 is 3.40. The second kappa shape index (κ2) is 4.27. The Hall–Kier alpha value is -2.46. The first-order chi connectivity index (χ1) is 10.8. The van der Waals surface area contributed by atoms with Gasteiger partial charge in [0.25, 0.3) is 0 Å². The maximum Gasteiger partial charge on any atom is 0.246 e. The Balaban J connectivity index is 2.22. The number of rotatable bonds is 0. The molecule has 0 fully saturated rings. The standard InChI is InChI=1S/C18H9BrN2O/c19-14-9-20-18-16(21-14)15-12-7-3-1-5-10(12)11-6-2-4-8-13(11)17(15)22-18/h1-9H. The van der Waals surface area contributed by atoms with E-state index in [0.717, 1.165) is 27.3 Å². The number of furan rings is 1. The van der Waals surface area contributed by atoms with Crippen LogP contribution in [0.5, 0.6) is 0 Å². The van der Waals surface area contributed by atoms with Gasteiger partial charge in [0.15, 0.2) is 0 Å². The molecule has 0 aliphatic heterocycles. The van der Waals surface area contributed by atoms with Gasteiger partial charge in [-0.2, -0.15) is 0 Å². The SMILES string of the molecule is Brc1cnc2oc3c4ccccc4c4ccccc4c3c2n1. The molecular weight excluding hydrogens is 340 g/mol. The largest absolute Gasteiger partial charge is 0.436 e. The molecule has 2 aromatic heterocycles. The van der Waals surface area contributed by atoms with Gasteiger partial charge in [0.2, 0.25) is 5.71 Å². The van der Waals surface area contributed by atoms with Crippen LogP contribution in [0.25, 0.3) is 43.7 Å². The molecule has 0 aliphatic carbocycles. The van der Waals surface area contributed by atoms with Gasteiger partial charge in [0, 0.05) is 5.39 Å². The van der Waals surface area contributed by atoms with Crippen LogP contribution in [-0.2, 0) is 0 Å². The maximum absolute atomic E-state index is 6.03. The Morgan fingerprint density at radius 1 is 0.818 bits per heavy atom.